The number of nitrogens with two attached hydrogens (primary N) is 1. The first-order valence-electron chi connectivity index (χ1n) is 4.63. The van der Waals surface area contributed by atoms with E-state index in [1.54, 1.807) is 0 Å². The molecule has 0 aromatic heterocycles. The summed E-state index contributed by atoms with van der Waals surface area (Å²) in [6.45, 7) is 2.28. The Kier molecular flexibility index (Phi) is 1.89. The molecular formula is C11H15N. The molecule has 2 rings (SSSR count). The largest absolute Gasteiger partial charge is 0.324 e. The van der Waals surface area contributed by atoms with Gasteiger partial charge in [0.05, 0.1) is 0 Å². The third-order valence-electron chi connectivity index (χ3n) is 2.84. The van der Waals surface area contributed by atoms with Gasteiger partial charge >= 0.3 is 0 Å². The molecule has 0 saturated carbocycles. The van der Waals surface area contributed by atoms with Crippen LogP contribution >= 0.6 is 0 Å². The molecule has 12 heavy (non-hydrogen) atoms. The van der Waals surface area contributed by atoms with Crippen molar-refractivity contribution in [1.29, 1.82) is 0 Å². The summed E-state index contributed by atoms with van der Waals surface area (Å²) in [5, 5.41) is 0. The van der Waals surface area contributed by atoms with Crippen molar-refractivity contribution in [3.05, 3.63) is 35.4 Å². The summed E-state index contributed by atoms with van der Waals surface area (Å²) in [6, 6.07) is 8.83. The van der Waals surface area contributed by atoms with Crippen LogP contribution in [0.1, 0.15) is 42.9 Å². The van der Waals surface area contributed by atoms with Gasteiger partial charge in [-0.2, -0.15) is 0 Å². The minimum atomic E-state index is 0.275. The highest BCUT2D eigenvalue weighted by Crippen LogP contribution is 2.35. The van der Waals surface area contributed by atoms with E-state index in [9.17, 15) is 0 Å². The van der Waals surface area contributed by atoms with Crippen molar-refractivity contribution in [2.45, 2.75) is 31.7 Å². The molecule has 1 aromatic carbocycles. The fourth-order valence-corrected chi connectivity index (χ4v) is 2.04. The Morgan fingerprint density at radius 1 is 1.17 bits per heavy atom. The Balaban J connectivity index is 2.47. The van der Waals surface area contributed by atoms with E-state index in [2.05, 4.69) is 31.2 Å². The van der Waals surface area contributed by atoms with Gasteiger partial charge in [0.2, 0.25) is 0 Å². The molecule has 0 amide bonds. The van der Waals surface area contributed by atoms with Crippen LogP contribution in [0.3, 0.4) is 0 Å². The van der Waals surface area contributed by atoms with E-state index in [4.69, 9.17) is 5.73 Å². The summed E-state index contributed by atoms with van der Waals surface area (Å²) in [4.78, 5) is 0. The number of hydrogen-bond acceptors (Lipinski definition) is 1. The van der Waals surface area contributed by atoms with Gasteiger partial charge in [-0.25, -0.2) is 0 Å². The van der Waals surface area contributed by atoms with Crippen LogP contribution < -0.4 is 5.73 Å². The minimum absolute atomic E-state index is 0.275. The number of rotatable bonds is 0. The van der Waals surface area contributed by atoms with Crippen LogP contribution in [-0.4, -0.2) is 0 Å². The number of hydrogen-bond donors (Lipinski definition) is 1. The van der Waals surface area contributed by atoms with Gasteiger partial charge < -0.3 is 5.73 Å². The average molecular weight is 161 g/mol. The maximum absolute atomic E-state index is 6.01. The third kappa shape index (κ3) is 1.14. The summed E-state index contributed by atoms with van der Waals surface area (Å²) in [5.41, 5.74) is 8.82. The second-order valence-electron chi connectivity index (χ2n) is 3.71. The molecule has 1 nitrogen and oxygen atoms in total. The van der Waals surface area contributed by atoms with E-state index < -0.39 is 0 Å². The fraction of sp³-hybridized carbons (Fsp3) is 0.455. The quantitative estimate of drug-likeness (QED) is 0.621. The number of fused-ring (bicyclic) bond motifs is 1. The standard InChI is InChI=1S/C11H15N/c1-8-6-7-11(12)10-5-3-2-4-9(8)10/h2-5,8,11H,6-7,12H2,1H3. The molecule has 1 heteroatoms. The SMILES string of the molecule is CC1CCC(N)c2ccccc21. The molecule has 2 unspecified atom stereocenters. The summed E-state index contributed by atoms with van der Waals surface area (Å²) in [5.74, 6) is 0.695. The Morgan fingerprint density at radius 3 is 2.50 bits per heavy atom. The fourth-order valence-electron chi connectivity index (χ4n) is 2.04. The topological polar surface area (TPSA) is 26.0 Å². The first kappa shape index (κ1) is 7.81. The molecule has 2 atom stereocenters. The zero-order valence-corrected chi connectivity index (χ0v) is 7.46. The summed E-state index contributed by atoms with van der Waals surface area (Å²) >= 11 is 0. The van der Waals surface area contributed by atoms with E-state index >= 15 is 0 Å². The van der Waals surface area contributed by atoms with Crippen molar-refractivity contribution in [2.75, 3.05) is 0 Å². The Bertz CT molecular complexity index is 251. The van der Waals surface area contributed by atoms with E-state index in [1.165, 1.54) is 17.5 Å². The molecule has 64 valence electrons. The predicted octanol–water partition coefficient (Wildman–Crippen LogP) is 2.58. The Morgan fingerprint density at radius 2 is 1.83 bits per heavy atom. The van der Waals surface area contributed by atoms with Crippen molar-refractivity contribution < 1.29 is 0 Å². The van der Waals surface area contributed by atoms with Gasteiger partial charge in [-0.05, 0) is 29.9 Å². The third-order valence-corrected chi connectivity index (χ3v) is 2.84. The summed E-state index contributed by atoms with van der Waals surface area (Å²) < 4.78 is 0. The molecule has 2 N–H and O–H groups in total. The van der Waals surface area contributed by atoms with Gasteiger partial charge in [-0.3, -0.25) is 0 Å². The molecule has 0 radical (unpaired) electrons. The molecular weight excluding hydrogens is 146 g/mol. The maximum Gasteiger partial charge on any atom is 0.0297 e. The number of benzene rings is 1. The molecule has 0 bridgehead atoms. The van der Waals surface area contributed by atoms with Crippen molar-refractivity contribution >= 4 is 0 Å². The van der Waals surface area contributed by atoms with Crippen LogP contribution in [0.4, 0.5) is 0 Å². The second-order valence-corrected chi connectivity index (χ2v) is 3.71. The lowest BCUT2D eigenvalue weighted by Crippen LogP contribution is -2.18. The lowest BCUT2D eigenvalue weighted by atomic mass is 9.81. The summed E-state index contributed by atoms with van der Waals surface area (Å²) in [6.07, 6.45) is 2.37. The van der Waals surface area contributed by atoms with Gasteiger partial charge in [-0.15, -0.1) is 0 Å². The maximum atomic E-state index is 6.01. The van der Waals surface area contributed by atoms with Crippen LogP contribution in [-0.2, 0) is 0 Å². The Hall–Kier alpha value is -0.820. The van der Waals surface area contributed by atoms with Gasteiger partial charge in [0.1, 0.15) is 0 Å². The highest BCUT2D eigenvalue weighted by molar-refractivity contribution is 5.34. The molecule has 1 aliphatic rings. The lowest BCUT2D eigenvalue weighted by molar-refractivity contribution is 0.513. The monoisotopic (exact) mass is 161 g/mol. The molecule has 0 aliphatic heterocycles. The Labute approximate surface area is 73.6 Å². The first-order chi connectivity index (χ1) is 5.79. The average Bonchev–Trinajstić information content (AvgIpc) is 2.12. The minimum Gasteiger partial charge on any atom is -0.324 e. The molecule has 1 aromatic rings. The van der Waals surface area contributed by atoms with Crippen molar-refractivity contribution in [2.24, 2.45) is 5.73 Å². The highest BCUT2D eigenvalue weighted by Gasteiger charge is 2.20. The smallest absolute Gasteiger partial charge is 0.0297 e. The first-order valence-corrected chi connectivity index (χ1v) is 4.63. The van der Waals surface area contributed by atoms with Gasteiger partial charge in [0.25, 0.3) is 0 Å². The van der Waals surface area contributed by atoms with Crippen LogP contribution in [0.5, 0.6) is 0 Å². The van der Waals surface area contributed by atoms with Gasteiger partial charge in [-0.1, -0.05) is 31.2 Å². The normalized spacial score (nSPS) is 28.2. The zero-order valence-electron chi connectivity index (χ0n) is 7.46. The van der Waals surface area contributed by atoms with E-state index in [-0.39, 0.29) is 6.04 Å². The van der Waals surface area contributed by atoms with E-state index in [0.717, 1.165) is 6.42 Å². The molecule has 0 spiro atoms. The van der Waals surface area contributed by atoms with Gasteiger partial charge in [0, 0.05) is 6.04 Å². The summed E-state index contributed by atoms with van der Waals surface area (Å²) in [7, 11) is 0. The van der Waals surface area contributed by atoms with Crippen LogP contribution in [0.2, 0.25) is 0 Å². The molecule has 1 aliphatic carbocycles. The van der Waals surface area contributed by atoms with Crippen LogP contribution in [0, 0.1) is 0 Å². The molecule has 0 fully saturated rings. The molecule has 0 saturated heterocycles. The molecule has 0 heterocycles. The lowest BCUT2D eigenvalue weighted by Gasteiger charge is -2.26. The zero-order chi connectivity index (χ0) is 8.55. The van der Waals surface area contributed by atoms with Crippen LogP contribution in [0.15, 0.2) is 24.3 Å². The van der Waals surface area contributed by atoms with Crippen molar-refractivity contribution in [3.8, 4) is 0 Å². The van der Waals surface area contributed by atoms with Crippen molar-refractivity contribution in [3.63, 3.8) is 0 Å². The van der Waals surface area contributed by atoms with E-state index in [1.807, 2.05) is 0 Å². The van der Waals surface area contributed by atoms with Crippen molar-refractivity contribution in [1.82, 2.24) is 0 Å². The van der Waals surface area contributed by atoms with Crippen LogP contribution in [0.25, 0.3) is 0 Å². The van der Waals surface area contributed by atoms with E-state index in [0.29, 0.717) is 5.92 Å². The second kappa shape index (κ2) is 2.91. The van der Waals surface area contributed by atoms with Gasteiger partial charge in [0.15, 0.2) is 0 Å². The highest BCUT2D eigenvalue weighted by atomic mass is 14.6. The predicted molar refractivity (Wildman–Crippen MR) is 51.0 cm³/mol.